The van der Waals surface area contributed by atoms with Gasteiger partial charge < -0.3 is 4.74 Å². The van der Waals surface area contributed by atoms with Crippen molar-refractivity contribution >= 4 is 0 Å². The molecule has 0 radical (unpaired) electrons. The molecule has 1 saturated heterocycles. The third-order valence-corrected chi connectivity index (χ3v) is 3.60. The van der Waals surface area contributed by atoms with Gasteiger partial charge in [-0.25, -0.2) is 0 Å². The number of rotatable bonds is 5. The predicted octanol–water partition coefficient (Wildman–Crippen LogP) is 2.79. The van der Waals surface area contributed by atoms with Crippen molar-refractivity contribution in [1.29, 1.82) is 0 Å². The molecule has 0 unspecified atom stereocenters. The van der Waals surface area contributed by atoms with E-state index in [1.54, 1.807) is 7.11 Å². The fourth-order valence-electron chi connectivity index (χ4n) is 2.34. The van der Waals surface area contributed by atoms with Gasteiger partial charge in [-0.2, -0.15) is 0 Å². The van der Waals surface area contributed by atoms with Gasteiger partial charge in [0.05, 0.1) is 6.61 Å². The molecule has 1 aromatic carbocycles. The van der Waals surface area contributed by atoms with Gasteiger partial charge >= 0.3 is 0 Å². The Labute approximate surface area is 124 Å². The Morgan fingerprint density at radius 3 is 2.05 bits per heavy atom. The fourth-order valence-corrected chi connectivity index (χ4v) is 2.34. The highest BCUT2D eigenvalue weighted by molar-refractivity contribution is 5.21. The van der Waals surface area contributed by atoms with E-state index in [1.807, 2.05) is 13.8 Å². The summed E-state index contributed by atoms with van der Waals surface area (Å²) in [6.45, 7) is 13.8. The van der Waals surface area contributed by atoms with Gasteiger partial charge in [-0.1, -0.05) is 43.7 Å². The molecular weight excluding hydrogens is 248 g/mol. The van der Waals surface area contributed by atoms with Crippen LogP contribution < -0.4 is 0 Å². The summed E-state index contributed by atoms with van der Waals surface area (Å²) in [5.74, 6) is 0. The first-order valence-electron chi connectivity index (χ1n) is 7.77. The van der Waals surface area contributed by atoms with E-state index in [2.05, 4.69) is 41.0 Å². The first-order chi connectivity index (χ1) is 9.78. The van der Waals surface area contributed by atoms with Crippen LogP contribution in [0.4, 0.5) is 0 Å². The van der Waals surface area contributed by atoms with Crippen molar-refractivity contribution in [3.63, 3.8) is 0 Å². The Morgan fingerprint density at radius 2 is 1.50 bits per heavy atom. The number of hydrogen-bond donors (Lipinski definition) is 0. The fraction of sp³-hybridized carbons (Fsp3) is 0.647. The van der Waals surface area contributed by atoms with Crippen LogP contribution in [-0.4, -0.2) is 56.2 Å². The van der Waals surface area contributed by atoms with Crippen molar-refractivity contribution < 1.29 is 4.74 Å². The van der Waals surface area contributed by atoms with Crippen molar-refractivity contribution in [2.45, 2.75) is 27.3 Å². The minimum Gasteiger partial charge on any atom is -0.383 e. The largest absolute Gasteiger partial charge is 0.383 e. The third-order valence-electron chi connectivity index (χ3n) is 3.60. The van der Waals surface area contributed by atoms with E-state index in [4.69, 9.17) is 4.74 Å². The van der Waals surface area contributed by atoms with E-state index >= 15 is 0 Å². The van der Waals surface area contributed by atoms with Gasteiger partial charge in [-0.15, -0.1) is 0 Å². The van der Waals surface area contributed by atoms with E-state index in [0.717, 1.165) is 45.9 Å². The second-order valence-corrected chi connectivity index (χ2v) is 5.10. The van der Waals surface area contributed by atoms with Gasteiger partial charge in [0.1, 0.15) is 0 Å². The van der Waals surface area contributed by atoms with E-state index in [9.17, 15) is 0 Å². The Balaban J connectivity index is 0.000000956. The predicted molar refractivity (Wildman–Crippen MR) is 86.1 cm³/mol. The lowest BCUT2D eigenvalue weighted by Crippen LogP contribution is -2.46. The van der Waals surface area contributed by atoms with Gasteiger partial charge in [0, 0.05) is 46.4 Å². The smallest absolute Gasteiger partial charge is 0.0589 e. The van der Waals surface area contributed by atoms with Crippen molar-refractivity contribution in [1.82, 2.24) is 9.80 Å². The normalized spacial score (nSPS) is 16.6. The highest BCUT2D eigenvalue weighted by Crippen LogP contribution is 2.09. The monoisotopic (exact) mass is 278 g/mol. The molecule has 1 aliphatic rings. The van der Waals surface area contributed by atoms with E-state index < -0.39 is 0 Å². The summed E-state index contributed by atoms with van der Waals surface area (Å²) < 4.78 is 5.12. The summed E-state index contributed by atoms with van der Waals surface area (Å²) in [7, 11) is 1.77. The maximum absolute atomic E-state index is 5.12. The standard InChI is InChI=1S/C15H24N2O.C2H6/c1-14-3-5-15(6-4-14)13-17-9-7-16(8-10-17)11-12-18-2;1-2/h3-6H,7-13H2,1-2H3;1-2H3. The van der Waals surface area contributed by atoms with Gasteiger partial charge in [-0.3, -0.25) is 9.80 Å². The van der Waals surface area contributed by atoms with Crippen LogP contribution in [0.5, 0.6) is 0 Å². The Bertz CT molecular complexity index is 343. The summed E-state index contributed by atoms with van der Waals surface area (Å²) in [6.07, 6.45) is 0. The molecule has 0 aromatic heterocycles. The van der Waals surface area contributed by atoms with E-state index in [-0.39, 0.29) is 0 Å². The third kappa shape index (κ3) is 6.04. The summed E-state index contributed by atoms with van der Waals surface area (Å²) in [5, 5.41) is 0. The van der Waals surface area contributed by atoms with Crippen molar-refractivity contribution in [2.24, 2.45) is 0 Å². The molecule has 3 nitrogen and oxygen atoms in total. The topological polar surface area (TPSA) is 15.7 Å². The highest BCUT2D eigenvalue weighted by Gasteiger charge is 2.16. The van der Waals surface area contributed by atoms with Crippen molar-refractivity contribution in [3.8, 4) is 0 Å². The lowest BCUT2D eigenvalue weighted by atomic mass is 10.1. The number of aryl methyl sites for hydroxylation is 1. The van der Waals surface area contributed by atoms with Gasteiger partial charge in [0.25, 0.3) is 0 Å². The minimum absolute atomic E-state index is 0.845. The molecule has 20 heavy (non-hydrogen) atoms. The molecule has 0 bridgehead atoms. The molecule has 0 N–H and O–H groups in total. The van der Waals surface area contributed by atoms with Crippen LogP contribution in [0.2, 0.25) is 0 Å². The van der Waals surface area contributed by atoms with Crippen LogP contribution in [0.25, 0.3) is 0 Å². The van der Waals surface area contributed by atoms with Crippen LogP contribution in [0.1, 0.15) is 25.0 Å². The molecule has 0 amide bonds. The van der Waals surface area contributed by atoms with Gasteiger partial charge in [0.2, 0.25) is 0 Å². The maximum atomic E-state index is 5.12. The summed E-state index contributed by atoms with van der Waals surface area (Å²) in [5.41, 5.74) is 2.76. The number of hydrogen-bond acceptors (Lipinski definition) is 3. The van der Waals surface area contributed by atoms with Crippen molar-refractivity contribution in [2.75, 3.05) is 46.4 Å². The number of methoxy groups -OCH3 is 1. The van der Waals surface area contributed by atoms with E-state index in [0.29, 0.717) is 0 Å². The first-order valence-corrected chi connectivity index (χ1v) is 7.77. The summed E-state index contributed by atoms with van der Waals surface area (Å²) in [6, 6.07) is 8.88. The first kappa shape index (κ1) is 17.2. The molecule has 0 spiro atoms. The Morgan fingerprint density at radius 1 is 0.950 bits per heavy atom. The minimum atomic E-state index is 0.845. The van der Waals surface area contributed by atoms with Crippen LogP contribution in [0.15, 0.2) is 24.3 Å². The van der Waals surface area contributed by atoms with Gasteiger partial charge in [0.15, 0.2) is 0 Å². The molecule has 2 rings (SSSR count). The van der Waals surface area contributed by atoms with Crippen LogP contribution in [0.3, 0.4) is 0 Å². The average Bonchev–Trinajstić information content (AvgIpc) is 2.51. The second-order valence-electron chi connectivity index (χ2n) is 5.10. The molecule has 1 aliphatic heterocycles. The molecule has 3 heteroatoms. The maximum Gasteiger partial charge on any atom is 0.0589 e. The zero-order chi connectivity index (χ0) is 14.8. The molecule has 1 heterocycles. The number of ether oxygens (including phenoxy) is 1. The Hall–Kier alpha value is -0.900. The lowest BCUT2D eigenvalue weighted by molar-refractivity contribution is 0.0938. The molecule has 1 aromatic rings. The number of benzene rings is 1. The zero-order valence-electron chi connectivity index (χ0n) is 13.6. The molecule has 1 fully saturated rings. The lowest BCUT2D eigenvalue weighted by Gasteiger charge is -2.34. The van der Waals surface area contributed by atoms with Crippen molar-refractivity contribution in [3.05, 3.63) is 35.4 Å². The molecule has 0 aliphatic carbocycles. The quantitative estimate of drug-likeness (QED) is 0.824. The average molecular weight is 278 g/mol. The zero-order valence-corrected chi connectivity index (χ0v) is 13.6. The second kappa shape index (κ2) is 9.92. The van der Waals surface area contributed by atoms with Crippen LogP contribution in [0, 0.1) is 6.92 Å². The van der Waals surface area contributed by atoms with E-state index in [1.165, 1.54) is 11.1 Å². The Kier molecular flexibility index (Phi) is 8.51. The molecule has 114 valence electrons. The van der Waals surface area contributed by atoms with Gasteiger partial charge in [-0.05, 0) is 12.5 Å². The van der Waals surface area contributed by atoms with Crippen LogP contribution >= 0.6 is 0 Å². The summed E-state index contributed by atoms with van der Waals surface area (Å²) >= 11 is 0. The molecular formula is C17H30N2O. The molecule has 0 atom stereocenters. The SMILES string of the molecule is CC.COCCN1CCN(Cc2ccc(C)cc2)CC1. The number of nitrogens with zero attached hydrogens (tertiary/aromatic N) is 2. The highest BCUT2D eigenvalue weighted by atomic mass is 16.5. The molecule has 0 saturated carbocycles. The summed E-state index contributed by atoms with van der Waals surface area (Å²) in [4.78, 5) is 5.02. The van der Waals surface area contributed by atoms with Crippen LogP contribution in [-0.2, 0) is 11.3 Å². The number of piperazine rings is 1.